The first-order chi connectivity index (χ1) is 8.47. The number of benzene rings is 1. The van der Waals surface area contributed by atoms with Crippen molar-refractivity contribution in [2.24, 2.45) is 0 Å². The maximum absolute atomic E-state index is 13.3. The molecule has 0 radical (unpaired) electrons. The van der Waals surface area contributed by atoms with Gasteiger partial charge >= 0.3 is 0 Å². The van der Waals surface area contributed by atoms with Crippen LogP contribution in [0.1, 0.15) is 12.8 Å². The molecule has 0 heterocycles. The highest BCUT2D eigenvalue weighted by atomic mass is 32.2. The second-order valence-electron chi connectivity index (χ2n) is 3.80. The molecule has 0 fully saturated rings. The Kier molecular flexibility index (Phi) is 5.46. The summed E-state index contributed by atoms with van der Waals surface area (Å²) in [6.07, 6.45) is 1.81. The summed E-state index contributed by atoms with van der Waals surface area (Å²) in [5.41, 5.74) is 0. The van der Waals surface area contributed by atoms with E-state index < -0.39 is 26.8 Å². The van der Waals surface area contributed by atoms with Gasteiger partial charge in [0.1, 0.15) is 10.7 Å². The summed E-state index contributed by atoms with van der Waals surface area (Å²) in [7, 11) is -3.92. The fourth-order valence-corrected chi connectivity index (χ4v) is 2.51. The maximum atomic E-state index is 13.3. The molecule has 0 bridgehead atoms. The van der Waals surface area contributed by atoms with E-state index in [9.17, 15) is 17.9 Å². The average Bonchev–Trinajstić information content (AvgIpc) is 2.34. The van der Waals surface area contributed by atoms with Crippen molar-refractivity contribution in [3.63, 3.8) is 0 Å². The average molecular weight is 273 g/mol. The van der Waals surface area contributed by atoms with Gasteiger partial charge in [-0.25, -0.2) is 17.5 Å². The molecule has 1 atom stereocenters. The van der Waals surface area contributed by atoms with Gasteiger partial charge in [0.05, 0.1) is 6.10 Å². The normalized spacial score (nSPS) is 13.2. The number of aliphatic hydroxyl groups excluding tert-OH is 1. The molecule has 1 rings (SSSR count). The van der Waals surface area contributed by atoms with Crippen LogP contribution in [-0.4, -0.2) is 26.2 Å². The van der Waals surface area contributed by atoms with Gasteiger partial charge in [0, 0.05) is 6.54 Å². The number of rotatable bonds is 7. The predicted molar refractivity (Wildman–Crippen MR) is 67.0 cm³/mol. The molecular formula is C12H16FNO3S. The van der Waals surface area contributed by atoms with Gasteiger partial charge in [-0.15, -0.1) is 6.58 Å². The molecular weight excluding hydrogens is 257 g/mol. The third-order valence-electron chi connectivity index (χ3n) is 2.34. The minimum Gasteiger partial charge on any atom is -0.392 e. The number of nitrogens with one attached hydrogen (secondary N) is 1. The smallest absolute Gasteiger partial charge is 0.243 e. The molecule has 0 aliphatic heterocycles. The van der Waals surface area contributed by atoms with E-state index in [0.717, 1.165) is 6.07 Å². The molecule has 6 heteroatoms. The highest BCUT2D eigenvalue weighted by molar-refractivity contribution is 7.89. The Labute approximate surface area is 106 Å². The van der Waals surface area contributed by atoms with Crippen molar-refractivity contribution >= 4 is 10.0 Å². The highest BCUT2D eigenvalue weighted by Gasteiger charge is 2.19. The van der Waals surface area contributed by atoms with E-state index in [-0.39, 0.29) is 6.54 Å². The SMILES string of the molecule is C=CCCC(O)CNS(=O)(=O)c1ccccc1F. The first-order valence-electron chi connectivity index (χ1n) is 5.50. The van der Waals surface area contributed by atoms with Crippen LogP contribution in [0.25, 0.3) is 0 Å². The Morgan fingerprint density at radius 3 is 2.72 bits per heavy atom. The van der Waals surface area contributed by atoms with Crippen LogP contribution >= 0.6 is 0 Å². The van der Waals surface area contributed by atoms with Crippen LogP contribution in [0.3, 0.4) is 0 Å². The van der Waals surface area contributed by atoms with E-state index >= 15 is 0 Å². The van der Waals surface area contributed by atoms with E-state index in [1.165, 1.54) is 18.2 Å². The Bertz CT molecular complexity index is 502. The number of allylic oxidation sites excluding steroid dienone is 1. The molecule has 0 spiro atoms. The number of hydrogen-bond acceptors (Lipinski definition) is 3. The first kappa shape index (κ1) is 14.8. The molecule has 0 aliphatic rings. The maximum Gasteiger partial charge on any atom is 0.243 e. The van der Waals surface area contributed by atoms with Crippen molar-refractivity contribution in [3.8, 4) is 0 Å². The summed E-state index contributed by atoms with van der Waals surface area (Å²) in [6, 6.07) is 5.09. The highest BCUT2D eigenvalue weighted by Crippen LogP contribution is 2.13. The van der Waals surface area contributed by atoms with E-state index in [2.05, 4.69) is 11.3 Å². The van der Waals surface area contributed by atoms with Crippen molar-refractivity contribution in [2.45, 2.75) is 23.8 Å². The Morgan fingerprint density at radius 2 is 2.11 bits per heavy atom. The molecule has 0 aromatic heterocycles. The second-order valence-corrected chi connectivity index (χ2v) is 5.54. The summed E-state index contributed by atoms with van der Waals surface area (Å²) >= 11 is 0. The zero-order valence-corrected chi connectivity index (χ0v) is 10.7. The summed E-state index contributed by atoms with van der Waals surface area (Å²) in [5, 5.41) is 9.49. The minimum absolute atomic E-state index is 0.148. The lowest BCUT2D eigenvalue weighted by molar-refractivity contribution is 0.169. The summed E-state index contributed by atoms with van der Waals surface area (Å²) in [6.45, 7) is 3.35. The molecule has 18 heavy (non-hydrogen) atoms. The third-order valence-corrected chi connectivity index (χ3v) is 3.80. The molecule has 0 aliphatic carbocycles. The van der Waals surface area contributed by atoms with Crippen molar-refractivity contribution in [3.05, 3.63) is 42.7 Å². The number of hydrogen-bond donors (Lipinski definition) is 2. The van der Waals surface area contributed by atoms with Crippen LogP contribution in [0.5, 0.6) is 0 Å². The number of halogens is 1. The largest absolute Gasteiger partial charge is 0.392 e. The monoisotopic (exact) mass is 273 g/mol. The van der Waals surface area contributed by atoms with Gasteiger partial charge in [0.25, 0.3) is 0 Å². The van der Waals surface area contributed by atoms with Gasteiger partial charge in [0.2, 0.25) is 10.0 Å². The quantitative estimate of drug-likeness (QED) is 0.739. The Balaban J connectivity index is 2.66. The van der Waals surface area contributed by atoms with Crippen molar-refractivity contribution < 1.29 is 17.9 Å². The molecule has 0 amide bonds. The first-order valence-corrected chi connectivity index (χ1v) is 6.99. The standard InChI is InChI=1S/C12H16FNO3S/c1-2-3-6-10(15)9-14-18(16,17)12-8-5-4-7-11(12)13/h2,4-5,7-8,10,14-15H,1,3,6,9H2. The number of sulfonamides is 1. The lowest BCUT2D eigenvalue weighted by Gasteiger charge is -2.11. The lowest BCUT2D eigenvalue weighted by atomic mass is 10.2. The van der Waals surface area contributed by atoms with Crippen LogP contribution in [0, 0.1) is 5.82 Å². The van der Waals surface area contributed by atoms with Crippen LogP contribution < -0.4 is 4.72 Å². The molecule has 1 aromatic carbocycles. The van der Waals surface area contributed by atoms with Crippen LogP contribution in [0.15, 0.2) is 41.8 Å². The summed E-state index contributed by atoms with van der Waals surface area (Å²) in [5.74, 6) is -0.814. The van der Waals surface area contributed by atoms with Crippen molar-refractivity contribution in [1.29, 1.82) is 0 Å². The molecule has 0 saturated carbocycles. The van der Waals surface area contributed by atoms with E-state index in [1.807, 2.05) is 0 Å². The molecule has 1 aromatic rings. The van der Waals surface area contributed by atoms with Gasteiger partial charge in [-0.05, 0) is 25.0 Å². The second kappa shape index (κ2) is 6.63. The van der Waals surface area contributed by atoms with Gasteiger partial charge < -0.3 is 5.11 Å². The lowest BCUT2D eigenvalue weighted by Crippen LogP contribution is -2.32. The minimum atomic E-state index is -3.92. The summed E-state index contributed by atoms with van der Waals surface area (Å²) < 4.78 is 39.0. The third kappa shape index (κ3) is 4.21. The molecule has 4 nitrogen and oxygen atoms in total. The predicted octanol–water partition coefficient (Wildman–Crippen LogP) is 1.43. The van der Waals surface area contributed by atoms with E-state index in [4.69, 9.17) is 0 Å². The van der Waals surface area contributed by atoms with Crippen molar-refractivity contribution in [2.75, 3.05) is 6.54 Å². The van der Waals surface area contributed by atoms with Crippen molar-refractivity contribution in [1.82, 2.24) is 4.72 Å². The Hall–Kier alpha value is -1.24. The van der Waals surface area contributed by atoms with Crippen LogP contribution in [0.2, 0.25) is 0 Å². The van der Waals surface area contributed by atoms with E-state index in [1.54, 1.807) is 6.08 Å². The molecule has 2 N–H and O–H groups in total. The molecule has 100 valence electrons. The zero-order valence-electron chi connectivity index (χ0n) is 9.84. The van der Waals surface area contributed by atoms with Crippen LogP contribution in [-0.2, 0) is 10.0 Å². The topological polar surface area (TPSA) is 66.4 Å². The number of aliphatic hydroxyl groups is 1. The van der Waals surface area contributed by atoms with E-state index in [0.29, 0.717) is 12.8 Å². The van der Waals surface area contributed by atoms with Crippen LogP contribution in [0.4, 0.5) is 4.39 Å². The fourth-order valence-electron chi connectivity index (χ4n) is 1.36. The van der Waals surface area contributed by atoms with Gasteiger partial charge in [-0.1, -0.05) is 18.2 Å². The fraction of sp³-hybridized carbons (Fsp3) is 0.333. The summed E-state index contributed by atoms with van der Waals surface area (Å²) in [4.78, 5) is -0.416. The van der Waals surface area contributed by atoms with Gasteiger partial charge in [-0.3, -0.25) is 0 Å². The zero-order chi connectivity index (χ0) is 13.6. The Morgan fingerprint density at radius 1 is 1.44 bits per heavy atom. The molecule has 0 saturated heterocycles. The molecule has 1 unspecified atom stereocenters. The van der Waals surface area contributed by atoms with Gasteiger partial charge in [0.15, 0.2) is 0 Å². The van der Waals surface area contributed by atoms with Gasteiger partial charge in [-0.2, -0.15) is 0 Å².